The molecule has 0 bridgehead atoms. The number of oxazole rings is 1. The van der Waals surface area contributed by atoms with Gasteiger partial charge in [-0.1, -0.05) is 6.42 Å². The van der Waals surface area contributed by atoms with Crippen LogP contribution in [-0.2, 0) is 6.67 Å². The van der Waals surface area contributed by atoms with E-state index < -0.39 is 0 Å². The fraction of sp³-hybridized carbons (Fsp3) is 0.333. The van der Waals surface area contributed by atoms with Crippen molar-refractivity contribution in [3.8, 4) is 5.75 Å². The Labute approximate surface area is 157 Å². The van der Waals surface area contributed by atoms with Gasteiger partial charge in [0, 0.05) is 11.1 Å². The van der Waals surface area contributed by atoms with Gasteiger partial charge in [-0.25, -0.2) is 4.79 Å². The van der Waals surface area contributed by atoms with Crippen LogP contribution in [0.5, 0.6) is 5.75 Å². The van der Waals surface area contributed by atoms with Crippen LogP contribution in [0.4, 0.5) is 0 Å². The zero-order valence-corrected chi connectivity index (χ0v) is 15.3. The molecular weight excluding hydrogens is 344 g/mol. The smallest absolute Gasteiger partial charge is 0.421 e. The van der Waals surface area contributed by atoms with Crippen molar-refractivity contribution in [3.63, 3.8) is 0 Å². The summed E-state index contributed by atoms with van der Waals surface area (Å²) in [5, 5.41) is 0. The second-order valence-corrected chi connectivity index (χ2v) is 6.86. The molecule has 4 rings (SSSR count). The molecule has 1 saturated heterocycles. The maximum atomic E-state index is 12.7. The molecule has 0 aliphatic carbocycles. The molecule has 6 heteroatoms. The van der Waals surface area contributed by atoms with Crippen LogP contribution in [0, 0.1) is 0 Å². The van der Waals surface area contributed by atoms with Crippen LogP contribution in [0.2, 0.25) is 0 Å². The number of carbonyl (C=O) groups is 1. The number of benzene rings is 2. The third-order valence-electron chi connectivity index (χ3n) is 5.07. The lowest BCUT2D eigenvalue weighted by atomic mass is 10.0. The van der Waals surface area contributed by atoms with Gasteiger partial charge in [0.25, 0.3) is 0 Å². The number of likely N-dealkylation sites (tertiary alicyclic amines) is 1. The Morgan fingerprint density at radius 2 is 1.74 bits per heavy atom. The van der Waals surface area contributed by atoms with Gasteiger partial charge in [0.2, 0.25) is 0 Å². The molecule has 0 radical (unpaired) electrons. The predicted octanol–water partition coefficient (Wildman–Crippen LogP) is 3.28. The Hall–Kier alpha value is -2.86. The van der Waals surface area contributed by atoms with E-state index in [-0.39, 0.29) is 11.5 Å². The molecule has 140 valence electrons. The molecule has 1 fully saturated rings. The van der Waals surface area contributed by atoms with E-state index in [1.807, 2.05) is 0 Å². The molecule has 0 N–H and O–H groups in total. The van der Waals surface area contributed by atoms with Gasteiger partial charge in [0.15, 0.2) is 11.4 Å². The average molecular weight is 366 g/mol. The molecule has 1 aliphatic rings. The molecule has 0 amide bonds. The van der Waals surface area contributed by atoms with Gasteiger partial charge in [0.05, 0.1) is 19.3 Å². The maximum absolute atomic E-state index is 12.7. The van der Waals surface area contributed by atoms with Crippen molar-refractivity contribution in [1.29, 1.82) is 0 Å². The summed E-state index contributed by atoms with van der Waals surface area (Å²) in [6.07, 6.45) is 3.56. The summed E-state index contributed by atoms with van der Waals surface area (Å²) in [4.78, 5) is 27.3. The summed E-state index contributed by atoms with van der Waals surface area (Å²) in [6, 6.07) is 12.1. The van der Waals surface area contributed by atoms with E-state index in [0.29, 0.717) is 29.1 Å². The number of ether oxygens (including phenoxy) is 1. The van der Waals surface area contributed by atoms with Crippen LogP contribution in [0.25, 0.3) is 11.1 Å². The van der Waals surface area contributed by atoms with Gasteiger partial charge in [-0.3, -0.25) is 14.3 Å². The maximum Gasteiger partial charge on any atom is 0.421 e. The molecule has 1 aromatic heterocycles. The summed E-state index contributed by atoms with van der Waals surface area (Å²) in [6.45, 7) is 2.51. The van der Waals surface area contributed by atoms with Crippen molar-refractivity contribution in [2.45, 2.75) is 25.9 Å². The normalized spacial score (nSPS) is 15.1. The first-order chi connectivity index (χ1) is 13.2. The molecule has 2 heterocycles. The summed E-state index contributed by atoms with van der Waals surface area (Å²) in [7, 11) is 1.58. The molecular formula is C21H22N2O4. The summed E-state index contributed by atoms with van der Waals surface area (Å²) < 4.78 is 12.2. The van der Waals surface area contributed by atoms with Crippen molar-refractivity contribution in [2.24, 2.45) is 0 Å². The van der Waals surface area contributed by atoms with E-state index in [1.165, 1.54) is 6.42 Å². The third-order valence-corrected chi connectivity index (χ3v) is 5.07. The van der Waals surface area contributed by atoms with Crippen LogP contribution < -0.4 is 10.5 Å². The second kappa shape index (κ2) is 7.40. The largest absolute Gasteiger partial charge is 0.497 e. The first-order valence-electron chi connectivity index (χ1n) is 9.20. The van der Waals surface area contributed by atoms with E-state index in [1.54, 1.807) is 54.1 Å². The highest BCUT2D eigenvalue weighted by Crippen LogP contribution is 2.20. The zero-order valence-electron chi connectivity index (χ0n) is 15.3. The van der Waals surface area contributed by atoms with Gasteiger partial charge >= 0.3 is 5.76 Å². The van der Waals surface area contributed by atoms with Crippen LogP contribution in [-0.4, -0.2) is 35.4 Å². The van der Waals surface area contributed by atoms with Gasteiger partial charge in [-0.2, -0.15) is 0 Å². The highest BCUT2D eigenvalue weighted by molar-refractivity contribution is 6.10. The van der Waals surface area contributed by atoms with Crippen molar-refractivity contribution in [3.05, 3.63) is 64.1 Å². The van der Waals surface area contributed by atoms with Gasteiger partial charge in [-0.15, -0.1) is 0 Å². The molecule has 0 saturated carbocycles. The Kier molecular flexibility index (Phi) is 4.81. The van der Waals surface area contributed by atoms with Gasteiger partial charge < -0.3 is 9.15 Å². The topological polar surface area (TPSA) is 64.7 Å². The number of fused-ring (bicyclic) bond motifs is 1. The molecule has 0 unspecified atom stereocenters. The monoisotopic (exact) mass is 366 g/mol. The van der Waals surface area contributed by atoms with E-state index in [4.69, 9.17) is 9.15 Å². The fourth-order valence-corrected chi connectivity index (χ4v) is 3.55. The molecule has 27 heavy (non-hydrogen) atoms. The minimum Gasteiger partial charge on any atom is -0.497 e. The van der Waals surface area contributed by atoms with Crippen molar-refractivity contribution in [1.82, 2.24) is 9.47 Å². The first kappa shape index (κ1) is 17.5. The Morgan fingerprint density at radius 3 is 2.44 bits per heavy atom. The molecule has 6 nitrogen and oxygen atoms in total. The van der Waals surface area contributed by atoms with Crippen LogP contribution in [0.1, 0.15) is 35.2 Å². The highest BCUT2D eigenvalue weighted by Gasteiger charge is 2.17. The summed E-state index contributed by atoms with van der Waals surface area (Å²) in [5.74, 6) is 0.193. The number of ketones is 1. The van der Waals surface area contributed by atoms with E-state index in [9.17, 15) is 9.59 Å². The molecule has 0 atom stereocenters. The van der Waals surface area contributed by atoms with E-state index >= 15 is 0 Å². The Morgan fingerprint density at radius 1 is 1.04 bits per heavy atom. The standard InChI is InChI=1S/C21H22N2O4/c1-26-17-8-5-15(6-9-17)20(24)16-7-10-18-19(13-16)27-21(25)23(18)14-22-11-3-2-4-12-22/h5-10,13H,2-4,11-12,14H2,1H3. The predicted molar refractivity (Wildman–Crippen MR) is 102 cm³/mol. The van der Waals surface area contributed by atoms with Crippen LogP contribution >= 0.6 is 0 Å². The minimum atomic E-state index is -0.385. The number of rotatable bonds is 5. The number of aromatic nitrogens is 1. The number of nitrogens with zero attached hydrogens (tertiary/aromatic N) is 2. The summed E-state index contributed by atoms with van der Waals surface area (Å²) >= 11 is 0. The first-order valence-corrected chi connectivity index (χ1v) is 9.20. The summed E-state index contributed by atoms with van der Waals surface area (Å²) in [5.41, 5.74) is 2.21. The van der Waals surface area contributed by atoms with Crippen molar-refractivity contribution < 1.29 is 13.9 Å². The lowest BCUT2D eigenvalue weighted by Gasteiger charge is -2.26. The average Bonchev–Trinajstić information content (AvgIpc) is 3.02. The van der Waals surface area contributed by atoms with Crippen molar-refractivity contribution >= 4 is 16.9 Å². The molecule has 2 aromatic carbocycles. The molecule has 1 aliphatic heterocycles. The van der Waals surface area contributed by atoms with Gasteiger partial charge in [0.1, 0.15) is 5.75 Å². The molecule has 3 aromatic rings. The lowest BCUT2D eigenvalue weighted by molar-refractivity contribution is 0.103. The molecule has 0 spiro atoms. The number of hydrogen-bond donors (Lipinski definition) is 0. The van der Waals surface area contributed by atoms with Crippen LogP contribution in [0.15, 0.2) is 51.7 Å². The third kappa shape index (κ3) is 3.53. The Balaban J connectivity index is 1.62. The van der Waals surface area contributed by atoms with Gasteiger partial charge in [-0.05, 0) is 68.4 Å². The Bertz CT molecular complexity index is 1010. The fourth-order valence-electron chi connectivity index (χ4n) is 3.55. The minimum absolute atomic E-state index is 0.119. The van der Waals surface area contributed by atoms with Crippen LogP contribution in [0.3, 0.4) is 0 Å². The van der Waals surface area contributed by atoms with Crippen molar-refractivity contribution in [2.75, 3.05) is 20.2 Å². The highest BCUT2D eigenvalue weighted by atomic mass is 16.5. The number of methoxy groups -OCH3 is 1. The lowest BCUT2D eigenvalue weighted by Crippen LogP contribution is -2.34. The van der Waals surface area contributed by atoms with E-state index in [2.05, 4.69) is 4.90 Å². The quantitative estimate of drug-likeness (QED) is 0.649. The van der Waals surface area contributed by atoms with E-state index in [0.717, 1.165) is 31.4 Å². The SMILES string of the molecule is COc1ccc(C(=O)c2ccc3c(c2)oc(=O)n3CN2CCCCC2)cc1. The second-order valence-electron chi connectivity index (χ2n) is 6.86. The number of hydrogen-bond acceptors (Lipinski definition) is 5. The number of piperidine rings is 1. The number of carbonyl (C=O) groups excluding carboxylic acids is 1. The zero-order chi connectivity index (χ0) is 18.8.